The van der Waals surface area contributed by atoms with Gasteiger partial charge in [-0.1, -0.05) is 6.07 Å². The zero-order chi connectivity index (χ0) is 19.0. The van der Waals surface area contributed by atoms with Crippen molar-refractivity contribution in [3.63, 3.8) is 0 Å². The van der Waals surface area contributed by atoms with Gasteiger partial charge in [0.25, 0.3) is 0 Å². The van der Waals surface area contributed by atoms with Crippen LogP contribution >= 0.6 is 0 Å². The minimum absolute atomic E-state index is 0.254. The van der Waals surface area contributed by atoms with Crippen LogP contribution < -0.4 is 15.8 Å². The number of piperidine rings is 1. The third-order valence-corrected chi connectivity index (χ3v) is 5.69. The van der Waals surface area contributed by atoms with Gasteiger partial charge >= 0.3 is 0 Å². The minimum atomic E-state index is -3.96. The predicted molar refractivity (Wildman–Crippen MR) is 102 cm³/mol. The van der Waals surface area contributed by atoms with Crippen LogP contribution in [0.2, 0.25) is 0 Å². The molecule has 1 saturated heterocycles. The summed E-state index contributed by atoms with van der Waals surface area (Å²) in [5.41, 5.74) is 1.57. The van der Waals surface area contributed by atoms with E-state index in [1.54, 1.807) is 12.3 Å². The van der Waals surface area contributed by atoms with Crippen molar-refractivity contribution in [2.45, 2.75) is 23.8 Å². The van der Waals surface area contributed by atoms with Crippen LogP contribution in [-0.2, 0) is 10.0 Å². The van der Waals surface area contributed by atoms with E-state index < -0.39 is 15.8 Å². The number of aromatic nitrogens is 2. The van der Waals surface area contributed by atoms with E-state index in [-0.39, 0.29) is 4.90 Å². The number of benzene rings is 1. The quantitative estimate of drug-likeness (QED) is 0.546. The summed E-state index contributed by atoms with van der Waals surface area (Å²) >= 11 is 0. The molecule has 3 aromatic rings. The molecule has 4 rings (SSSR count). The maximum Gasteiger partial charge on any atom is 0.238 e. The van der Waals surface area contributed by atoms with Crippen LogP contribution in [0.15, 0.2) is 41.4 Å². The Morgan fingerprint density at radius 1 is 1.15 bits per heavy atom. The fourth-order valence-corrected chi connectivity index (χ4v) is 3.93. The first-order valence-corrected chi connectivity index (χ1v) is 10.2. The van der Waals surface area contributed by atoms with Crippen LogP contribution in [0.1, 0.15) is 12.8 Å². The number of H-pyrrole nitrogens is 1. The van der Waals surface area contributed by atoms with E-state index in [0.717, 1.165) is 37.4 Å². The third-order valence-electron chi connectivity index (χ3n) is 4.78. The van der Waals surface area contributed by atoms with Crippen LogP contribution in [0.4, 0.5) is 10.2 Å². The molecule has 7 nitrogen and oxygen atoms in total. The lowest BCUT2D eigenvalue weighted by molar-refractivity contribution is 0.478. The van der Waals surface area contributed by atoms with Gasteiger partial charge in [-0.05, 0) is 55.8 Å². The zero-order valence-electron chi connectivity index (χ0n) is 14.5. The summed E-state index contributed by atoms with van der Waals surface area (Å²) in [7, 11) is -3.96. The molecular formula is C18H20FN5O2S. The number of fused-ring (bicyclic) bond motifs is 1. The van der Waals surface area contributed by atoms with E-state index in [1.807, 2.05) is 6.07 Å². The lowest BCUT2D eigenvalue weighted by Gasteiger charge is -2.24. The van der Waals surface area contributed by atoms with Crippen molar-refractivity contribution in [3.05, 3.63) is 42.3 Å². The van der Waals surface area contributed by atoms with Crippen molar-refractivity contribution < 1.29 is 12.8 Å². The van der Waals surface area contributed by atoms with Gasteiger partial charge < -0.3 is 15.6 Å². The van der Waals surface area contributed by atoms with Crippen molar-refractivity contribution in [3.8, 4) is 11.1 Å². The molecule has 27 heavy (non-hydrogen) atoms. The second kappa shape index (κ2) is 6.91. The molecule has 1 aromatic carbocycles. The monoisotopic (exact) mass is 389 g/mol. The molecule has 3 heterocycles. The predicted octanol–water partition coefficient (Wildman–Crippen LogP) is 2.18. The molecule has 1 fully saturated rings. The summed E-state index contributed by atoms with van der Waals surface area (Å²) in [6, 6.07) is 7.61. The Morgan fingerprint density at radius 3 is 2.63 bits per heavy atom. The summed E-state index contributed by atoms with van der Waals surface area (Å²) in [5.74, 6) is 0.00446. The van der Waals surface area contributed by atoms with E-state index in [1.165, 1.54) is 12.1 Å². The van der Waals surface area contributed by atoms with Crippen molar-refractivity contribution in [1.29, 1.82) is 0 Å². The Balaban J connectivity index is 1.77. The Bertz CT molecular complexity index is 1090. The Hall–Kier alpha value is -2.49. The van der Waals surface area contributed by atoms with Gasteiger partial charge in [-0.15, -0.1) is 0 Å². The molecule has 1 aliphatic heterocycles. The van der Waals surface area contributed by atoms with Crippen LogP contribution in [0.25, 0.3) is 22.2 Å². The van der Waals surface area contributed by atoms with Crippen molar-refractivity contribution in [1.82, 2.24) is 15.3 Å². The van der Waals surface area contributed by atoms with E-state index in [4.69, 9.17) is 5.14 Å². The summed E-state index contributed by atoms with van der Waals surface area (Å²) in [6.45, 7) is 1.89. The number of halogens is 1. The van der Waals surface area contributed by atoms with E-state index in [0.29, 0.717) is 28.6 Å². The molecule has 0 spiro atoms. The molecule has 0 amide bonds. The Morgan fingerprint density at radius 2 is 1.93 bits per heavy atom. The van der Waals surface area contributed by atoms with Gasteiger partial charge in [-0.3, -0.25) is 0 Å². The first kappa shape index (κ1) is 17.9. The number of nitrogens with one attached hydrogen (secondary N) is 3. The van der Waals surface area contributed by atoms with Gasteiger partial charge in [0.05, 0.1) is 4.90 Å². The maximum atomic E-state index is 14.7. The minimum Gasteiger partial charge on any atom is -0.367 e. The number of hydrogen-bond donors (Lipinski definition) is 4. The molecule has 1 aliphatic rings. The highest BCUT2D eigenvalue weighted by molar-refractivity contribution is 7.89. The molecule has 9 heteroatoms. The van der Waals surface area contributed by atoms with Gasteiger partial charge in [0.2, 0.25) is 10.0 Å². The van der Waals surface area contributed by atoms with Crippen molar-refractivity contribution >= 4 is 26.9 Å². The number of sulfonamides is 1. The van der Waals surface area contributed by atoms with Gasteiger partial charge in [0.1, 0.15) is 17.3 Å². The molecule has 0 radical (unpaired) electrons. The number of rotatable bonds is 4. The standard InChI is InChI=1S/C18H20FN5O2S/c19-16-9-12(27(20,25)26)1-2-13(16)15-10-17(23-11-3-6-21-7-4-11)24-18-14(15)5-8-22-18/h1-2,5,8-11,21H,3-4,6-7H2,(H2,20,25,26)(H2,22,23,24). The summed E-state index contributed by atoms with van der Waals surface area (Å²) in [5, 5.41) is 12.6. The number of pyridine rings is 1. The van der Waals surface area contributed by atoms with Crippen LogP contribution in [0.3, 0.4) is 0 Å². The summed E-state index contributed by atoms with van der Waals surface area (Å²) < 4.78 is 37.6. The van der Waals surface area contributed by atoms with Gasteiger partial charge in [-0.25, -0.2) is 22.9 Å². The molecule has 142 valence electrons. The first-order chi connectivity index (χ1) is 12.9. The molecule has 5 N–H and O–H groups in total. The molecule has 2 aromatic heterocycles. The SMILES string of the molecule is NS(=O)(=O)c1ccc(-c2cc(NC3CCNCC3)nc3[nH]ccc23)c(F)c1. The molecule has 0 aliphatic carbocycles. The number of anilines is 1. The number of primary sulfonamides is 1. The van der Waals surface area contributed by atoms with Crippen molar-refractivity contribution in [2.75, 3.05) is 18.4 Å². The van der Waals surface area contributed by atoms with E-state index in [2.05, 4.69) is 20.6 Å². The molecular weight excluding hydrogens is 369 g/mol. The van der Waals surface area contributed by atoms with Crippen molar-refractivity contribution in [2.24, 2.45) is 5.14 Å². The first-order valence-electron chi connectivity index (χ1n) is 8.70. The fraction of sp³-hybridized carbons (Fsp3) is 0.278. The molecule has 0 saturated carbocycles. The highest BCUT2D eigenvalue weighted by atomic mass is 32.2. The van der Waals surface area contributed by atoms with E-state index in [9.17, 15) is 12.8 Å². The smallest absolute Gasteiger partial charge is 0.238 e. The summed E-state index contributed by atoms with van der Waals surface area (Å²) in [6.07, 6.45) is 3.71. The largest absolute Gasteiger partial charge is 0.367 e. The number of nitrogens with zero attached hydrogens (tertiary/aromatic N) is 1. The topological polar surface area (TPSA) is 113 Å². The highest BCUT2D eigenvalue weighted by Crippen LogP contribution is 2.33. The lowest BCUT2D eigenvalue weighted by Crippen LogP contribution is -2.35. The van der Waals surface area contributed by atoms with Gasteiger partial charge in [-0.2, -0.15) is 0 Å². The lowest BCUT2D eigenvalue weighted by atomic mass is 10.0. The average Bonchev–Trinajstić information content (AvgIpc) is 3.10. The molecule has 0 bridgehead atoms. The number of hydrogen-bond acceptors (Lipinski definition) is 5. The van der Waals surface area contributed by atoms with E-state index >= 15 is 0 Å². The normalized spacial score (nSPS) is 15.9. The molecule has 0 atom stereocenters. The van der Waals surface area contributed by atoms with Crippen LogP contribution in [0, 0.1) is 5.82 Å². The van der Waals surface area contributed by atoms with Gasteiger partial charge in [0, 0.05) is 23.2 Å². The maximum absolute atomic E-state index is 14.7. The second-order valence-electron chi connectivity index (χ2n) is 6.65. The van der Waals surface area contributed by atoms with Gasteiger partial charge in [0.15, 0.2) is 0 Å². The highest BCUT2D eigenvalue weighted by Gasteiger charge is 2.18. The summed E-state index contributed by atoms with van der Waals surface area (Å²) in [4.78, 5) is 7.38. The Labute approximate surface area is 156 Å². The Kier molecular flexibility index (Phi) is 4.58. The number of nitrogens with two attached hydrogens (primary N) is 1. The van der Waals surface area contributed by atoms with Crippen LogP contribution in [0.5, 0.6) is 0 Å². The number of aromatic amines is 1. The third kappa shape index (κ3) is 3.66. The zero-order valence-corrected chi connectivity index (χ0v) is 15.3. The molecule has 0 unspecified atom stereocenters. The average molecular weight is 389 g/mol. The second-order valence-corrected chi connectivity index (χ2v) is 8.21. The van der Waals surface area contributed by atoms with Crippen LogP contribution in [-0.4, -0.2) is 37.5 Å². The fourth-order valence-electron chi connectivity index (χ4n) is 3.40.